The molecule has 27 heavy (non-hydrogen) atoms. The van der Waals surface area contributed by atoms with Crippen LogP contribution in [0.5, 0.6) is 0 Å². The number of piperazine rings is 1. The van der Waals surface area contributed by atoms with Gasteiger partial charge in [0.25, 0.3) is 5.91 Å². The lowest BCUT2D eigenvalue weighted by atomic mass is 10.1. The van der Waals surface area contributed by atoms with Crippen molar-refractivity contribution in [2.45, 2.75) is 20.4 Å². The van der Waals surface area contributed by atoms with E-state index in [2.05, 4.69) is 22.1 Å². The molecule has 1 aliphatic heterocycles. The number of aromatic nitrogens is 3. The fraction of sp³-hybridized carbons (Fsp3) is 0.350. The van der Waals surface area contributed by atoms with Crippen LogP contribution in [0.1, 0.15) is 22.8 Å². The van der Waals surface area contributed by atoms with Crippen molar-refractivity contribution in [2.75, 3.05) is 31.1 Å². The monoisotopic (exact) mass is 383 g/mol. The van der Waals surface area contributed by atoms with Gasteiger partial charge in [0, 0.05) is 49.0 Å². The Kier molecular flexibility index (Phi) is 4.74. The summed E-state index contributed by atoms with van der Waals surface area (Å²) in [6.07, 6.45) is 0. The lowest BCUT2D eigenvalue weighted by Gasteiger charge is -2.37. The lowest BCUT2D eigenvalue weighted by Crippen LogP contribution is -2.49. The maximum atomic E-state index is 12.9. The molecular weight excluding hydrogens is 362 g/mol. The summed E-state index contributed by atoms with van der Waals surface area (Å²) in [6, 6.07) is 11.6. The number of hydrogen-bond donors (Lipinski definition) is 0. The van der Waals surface area contributed by atoms with Crippen LogP contribution in [0.2, 0.25) is 5.02 Å². The summed E-state index contributed by atoms with van der Waals surface area (Å²) >= 11 is 6.15. The minimum atomic E-state index is 0.0467. The number of carbonyl (C=O) groups is 1. The highest BCUT2D eigenvalue weighted by Gasteiger charge is 2.23. The number of aryl methyl sites for hydroxylation is 2. The van der Waals surface area contributed by atoms with Crippen LogP contribution < -0.4 is 4.90 Å². The highest BCUT2D eigenvalue weighted by atomic mass is 35.5. The minimum absolute atomic E-state index is 0.0467. The Morgan fingerprint density at radius 1 is 1.11 bits per heavy atom. The highest BCUT2D eigenvalue weighted by molar-refractivity contribution is 6.30. The fourth-order valence-corrected chi connectivity index (χ4v) is 3.76. The summed E-state index contributed by atoms with van der Waals surface area (Å²) in [5.41, 5.74) is 4.72. The van der Waals surface area contributed by atoms with Crippen molar-refractivity contribution < 1.29 is 4.79 Å². The molecule has 2 heterocycles. The van der Waals surface area contributed by atoms with Crippen molar-refractivity contribution in [2.24, 2.45) is 0 Å². The van der Waals surface area contributed by atoms with Crippen LogP contribution in [-0.4, -0.2) is 52.0 Å². The maximum absolute atomic E-state index is 12.9. The van der Waals surface area contributed by atoms with Crippen LogP contribution in [0.25, 0.3) is 11.0 Å². The summed E-state index contributed by atoms with van der Waals surface area (Å²) in [5, 5.41) is 9.02. The van der Waals surface area contributed by atoms with E-state index in [9.17, 15) is 4.79 Å². The van der Waals surface area contributed by atoms with Crippen LogP contribution in [0.3, 0.4) is 0 Å². The van der Waals surface area contributed by atoms with Gasteiger partial charge < -0.3 is 9.80 Å². The Bertz CT molecular complexity index is 991. The standard InChI is InChI=1S/C20H22ClN5O/c1-3-26-18-7-5-15(12-17(18)22-23-26)20(27)25-10-8-24(9-11-25)19-13-16(21)6-4-14(19)2/h4-7,12-13H,3,8-11H2,1-2H3. The van der Waals surface area contributed by atoms with E-state index in [0.29, 0.717) is 18.7 Å². The number of carbonyl (C=O) groups excluding carboxylic acids is 1. The molecule has 0 N–H and O–H groups in total. The summed E-state index contributed by atoms with van der Waals surface area (Å²) in [5.74, 6) is 0.0467. The second-order valence-corrected chi connectivity index (χ2v) is 7.26. The van der Waals surface area contributed by atoms with Crippen molar-refractivity contribution in [1.82, 2.24) is 19.9 Å². The zero-order valence-electron chi connectivity index (χ0n) is 15.5. The molecule has 1 saturated heterocycles. The first-order valence-corrected chi connectivity index (χ1v) is 9.58. The van der Waals surface area contributed by atoms with Gasteiger partial charge in [-0.25, -0.2) is 4.68 Å². The SMILES string of the molecule is CCn1nnc2cc(C(=O)N3CCN(c4cc(Cl)ccc4C)CC3)ccc21. The molecule has 2 aromatic carbocycles. The molecule has 4 rings (SSSR count). The van der Waals surface area contributed by atoms with E-state index in [-0.39, 0.29) is 5.91 Å². The van der Waals surface area contributed by atoms with E-state index in [4.69, 9.17) is 11.6 Å². The highest BCUT2D eigenvalue weighted by Crippen LogP contribution is 2.25. The van der Waals surface area contributed by atoms with Gasteiger partial charge >= 0.3 is 0 Å². The van der Waals surface area contributed by atoms with Gasteiger partial charge in [-0.3, -0.25) is 4.79 Å². The molecule has 1 aromatic heterocycles. The molecule has 140 valence electrons. The topological polar surface area (TPSA) is 54.3 Å². The third-order valence-corrected chi connectivity index (χ3v) is 5.37. The summed E-state index contributed by atoms with van der Waals surface area (Å²) in [7, 11) is 0. The van der Waals surface area contributed by atoms with Crippen molar-refractivity contribution in [3.8, 4) is 0 Å². The van der Waals surface area contributed by atoms with E-state index in [0.717, 1.165) is 41.4 Å². The van der Waals surface area contributed by atoms with Crippen molar-refractivity contribution >= 4 is 34.2 Å². The van der Waals surface area contributed by atoms with Gasteiger partial charge in [-0.2, -0.15) is 0 Å². The molecule has 1 aliphatic rings. The molecule has 0 atom stereocenters. The summed E-state index contributed by atoms with van der Waals surface area (Å²) in [6.45, 7) is 7.82. The van der Waals surface area contributed by atoms with Crippen molar-refractivity contribution in [1.29, 1.82) is 0 Å². The zero-order chi connectivity index (χ0) is 19.0. The van der Waals surface area contributed by atoms with E-state index in [1.54, 1.807) is 0 Å². The number of anilines is 1. The van der Waals surface area contributed by atoms with Gasteiger partial charge in [-0.15, -0.1) is 5.10 Å². The van der Waals surface area contributed by atoms with Crippen molar-refractivity contribution in [3.63, 3.8) is 0 Å². The van der Waals surface area contributed by atoms with E-state index < -0.39 is 0 Å². The van der Waals surface area contributed by atoms with E-state index >= 15 is 0 Å². The molecule has 0 spiro atoms. The smallest absolute Gasteiger partial charge is 0.254 e. The number of amides is 1. The summed E-state index contributed by atoms with van der Waals surface area (Å²) in [4.78, 5) is 17.1. The average Bonchev–Trinajstić information content (AvgIpc) is 3.11. The fourth-order valence-electron chi connectivity index (χ4n) is 3.60. The van der Waals surface area contributed by atoms with Crippen LogP contribution in [0.15, 0.2) is 36.4 Å². The lowest BCUT2D eigenvalue weighted by molar-refractivity contribution is 0.0747. The van der Waals surface area contributed by atoms with Crippen LogP contribution in [0.4, 0.5) is 5.69 Å². The Morgan fingerprint density at radius 2 is 1.89 bits per heavy atom. The molecule has 0 unspecified atom stereocenters. The first kappa shape index (κ1) is 17.8. The summed E-state index contributed by atoms with van der Waals surface area (Å²) < 4.78 is 1.83. The number of hydrogen-bond acceptors (Lipinski definition) is 4. The number of nitrogens with zero attached hydrogens (tertiary/aromatic N) is 5. The number of fused-ring (bicyclic) bond motifs is 1. The van der Waals surface area contributed by atoms with E-state index in [1.807, 2.05) is 52.9 Å². The molecule has 7 heteroatoms. The number of halogens is 1. The minimum Gasteiger partial charge on any atom is -0.368 e. The van der Waals surface area contributed by atoms with Gasteiger partial charge in [-0.1, -0.05) is 22.9 Å². The average molecular weight is 384 g/mol. The zero-order valence-corrected chi connectivity index (χ0v) is 16.3. The number of rotatable bonds is 3. The predicted molar refractivity (Wildman–Crippen MR) is 108 cm³/mol. The normalized spacial score (nSPS) is 14.8. The van der Waals surface area contributed by atoms with Gasteiger partial charge in [0.1, 0.15) is 5.52 Å². The predicted octanol–water partition coefficient (Wildman–Crippen LogP) is 3.38. The second kappa shape index (κ2) is 7.19. The first-order valence-electron chi connectivity index (χ1n) is 9.20. The van der Waals surface area contributed by atoms with E-state index in [1.165, 1.54) is 5.56 Å². The van der Waals surface area contributed by atoms with Crippen molar-refractivity contribution in [3.05, 3.63) is 52.5 Å². The van der Waals surface area contributed by atoms with Gasteiger partial charge in [-0.05, 0) is 49.7 Å². The Hall–Kier alpha value is -2.60. The molecule has 0 radical (unpaired) electrons. The van der Waals surface area contributed by atoms with Gasteiger partial charge in [0.2, 0.25) is 0 Å². The van der Waals surface area contributed by atoms with Gasteiger partial charge in [0.15, 0.2) is 0 Å². The molecule has 0 aliphatic carbocycles. The third kappa shape index (κ3) is 3.37. The second-order valence-electron chi connectivity index (χ2n) is 6.82. The number of benzene rings is 2. The largest absolute Gasteiger partial charge is 0.368 e. The van der Waals surface area contributed by atoms with Crippen LogP contribution >= 0.6 is 11.6 Å². The molecule has 0 saturated carbocycles. The third-order valence-electron chi connectivity index (χ3n) is 5.14. The maximum Gasteiger partial charge on any atom is 0.254 e. The molecule has 6 nitrogen and oxygen atoms in total. The van der Waals surface area contributed by atoms with Gasteiger partial charge in [0.05, 0.1) is 5.52 Å². The van der Waals surface area contributed by atoms with Crippen LogP contribution in [0, 0.1) is 6.92 Å². The molecule has 1 amide bonds. The quantitative estimate of drug-likeness (QED) is 0.695. The Balaban J connectivity index is 1.48. The molecular formula is C20H22ClN5O. The van der Waals surface area contributed by atoms with Crippen LogP contribution in [-0.2, 0) is 6.54 Å². The Labute approximate surface area is 163 Å². The molecule has 3 aromatic rings. The first-order chi connectivity index (χ1) is 13.1. The molecule has 0 bridgehead atoms. The Morgan fingerprint density at radius 3 is 2.63 bits per heavy atom. The molecule has 1 fully saturated rings.